The van der Waals surface area contributed by atoms with Crippen molar-refractivity contribution in [3.63, 3.8) is 0 Å². The van der Waals surface area contributed by atoms with E-state index in [0.717, 1.165) is 17.8 Å². The summed E-state index contributed by atoms with van der Waals surface area (Å²) in [5.41, 5.74) is 4.87. The van der Waals surface area contributed by atoms with Crippen molar-refractivity contribution >= 4 is 17.2 Å². The number of thiazole rings is 1. The zero-order chi connectivity index (χ0) is 16.1. The van der Waals surface area contributed by atoms with Gasteiger partial charge in [-0.3, -0.25) is 9.69 Å². The van der Waals surface area contributed by atoms with E-state index in [9.17, 15) is 4.79 Å². The number of rotatable bonds is 6. The molecule has 0 unspecified atom stereocenters. The summed E-state index contributed by atoms with van der Waals surface area (Å²) in [5, 5.41) is 2.94. The van der Waals surface area contributed by atoms with E-state index in [-0.39, 0.29) is 5.91 Å². The number of aromatic nitrogens is 1. The molecular weight excluding hydrogens is 294 g/mol. The molecule has 0 saturated carbocycles. The van der Waals surface area contributed by atoms with Crippen molar-refractivity contribution in [1.82, 2.24) is 15.2 Å². The third kappa shape index (κ3) is 4.39. The maximum Gasteiger partial charge on any atom is 0.263 e. The molecule has 1 N–H and O–H groups in total. The van der Waals surface area contributed by atoms with Gasteiger partial charge in [0.1, 0.15) is 4.88 Å². The Kier molecular flexibility index (Phi) is 5.69. The van der Waals surface area contributed by atoms with Crippen LogP contribution in [0, 0.1) is 6.92 Å². The molecule has 0 aliphatic rings. The molecule has 2 rings (SSSR count). The second-order valence-corrected chi connectivity index (χ2v) is 6.63. The van der Waals surface area contributed by atoms with Crippen LogP contribution in [0.1, 0.15) is 40.3 Å². The summed E-state index contributed by atoms with van der Waals surface area (Å²) in [4.78, 5) is 19.1. The minimum Gasteiger partial charge on any atom is -0.347 e. The number of nitrogens with zero attached hydrogens (tertiary/aromatic N) is 2. The number of hydrogen-bond donors (Lipinski definition) is 1. The Balaban J connectivity index is 1.89. The standard InChI is InChI=1S/C17H23N3OS/c1-12(2)20(4)10-15-7-5-14(6-8-15)9-18-17(21)16-13(3)19-11-22-16/h5-8,11-12H,9-10H2,1-4H3,(H,18,21). The smallest absolute Gasteiger partial charge is 0.263 e. The van der Waals surface area contributed by atoms with Gasteiger partial charge in [-0.25, -0.2) is 4.98 Å². The highest BCUT2D eigenvalue weighted by Gasteiger charge is 2.11. The van der Waals surface area contributed by atoms with Gasteiger partial charge in [-0.15, -0.1) is 11.3 Å². The first-order chi connectivity index (χ1) is 10.5. The second kappa shape index (κ2) is 7.51. The van der Waals surface area contributed by atoms with Crippen molar-refractivity contribution in [2.75, 3.05) is 7.05 Å². The van der Waals surface area contributed by atoms with E-state index in [0.29, 0.717) is 17.5 Å². The van der Waals surface area contributed by atoms with Crippen LogP contribution in [0.25, 0.3) is 0 Å². The molecular formula is C17H23N3OS. The second-order valence-electron chi connectivity index (χ2n) is 5.77. The van der Waals surface area contributed by atoms with E-state index in [1.54, 1.807) is 5.51 Å². The Labute approximate surface area is 136 Å². The van der Waals surface area contributed by atoms with Crippen molar-refractivity contribution in [3.8, 4) is 0 Å². The lowest BCUT2D eigenvalue weighted by molar-refractivity contribution is 0.0954. The molecule has 1 aromatic carbocycles. The highest BCUT2D eigenvalue weighted by Crippen LogP contribution is 2.12. The number of aryl methyl sites for hydroxylation is 1. The van der Waals surface area contributed by atoms with E-state index in [2.05, 4.69) is 60.4 Å². The molecule has 0 spiro atoms. The van der Waals surface area contributed by atoms with Crippen LogP contribution >= 0.6 is 11.3 Å². The Morgan fingerprint density at radius 1 is 1.27 bits per heavy atom. The van der Waals surface area contributed by atoms with Crippen molar-refractivity contribution in [1.29, 1.82) is 0 Å². The van der Waals surface area contributed by atoms with Crippen LogP contribution in [0.4, 0.5) is 0 Å². The van der Waals surface area contributed by atoms with Crippen molar-refractivity contribution in [3.05, 3.63) is 51.5 Å². The highest BCUT2D eigenvalue weighted by atomic mass is 32.1. The fourth-order valence-corrected chi connectivity index (χ4v) is 2.73. The van der Waals surface area contributed by atoms with Crippen molar-refractivity contribution in [2.24, 2.45) is 0 Å². The predicted octanol–water partition coefficient (Wildman–Crippen LogP) is 3.22. The summed E-state index contributed by atoms with van der Waals surface area (Å²) < 4.78 is 0. The quantitative estimate of drug-likeness (QED) is 0.890. The predicted molar refractivity (Wildman–Crippen MR) is 91.1 cm³/mol. The van der Waals surface area contributed by atoms with Gasteiger partial charge in [-0.2, -0.15) is 0 Å². The Morgan fingerprint density at radius 3 is 2.45 bits per heavy atom. The summed E-state index contributed by atoms with van der Waals surface area (Å²) in [7, 11) is 2.12. The molecule has 118 valence electrons. The minimum absolute atomic E-state index is 0.0522. The number of hydrogen-bond acceptors (Lipinski definition) is 4. The normalized spacial score (nSPS) is 11.2. The largest absolute Gasteiger partial charge is 0.347 e. The van der Waals surface area contributed by atoms with Crippen LogP contribution in [0.15, 0.2) is 29.8 Å². The lowest BCUT2D eigenvalue weighted by atomic mass is 10.1. The maximum atomic E-state index is 12.0. The summed E-state index contributed by atoms with van der Waals surface area (Å²) in [6.07, 6.45) is 0. The van der Waals surface area contributed by atoms with Gasteiger partial charge in [0.2, 0.25) is 0 Å². The number of carbonyl (C=O) groups is 1. The Hall–Kier alpha value is -1.72. The molecule has 5 heteroatoms. The van der Waals surface area contributed by atoms with Gasteiger partial charge in [0, 0.05) is 19.1 Å². The molecule has 0 aliphatic heterocycles. The van der Waals surface area contributed by atoms with Crippen LogP contribution in [-0.4, -0.2) is 28.9 Å². The first-order valence-electron chi connectivity index (χ1n) is 7.43. The lowest BCUT2D eigenvalue weighted by Gasteiger charge is -2.21. The molecule has 22 heavy (non-hydrogen) atoms. The van der Waals surface area contributed by atoms with Crippen molar-refractivity contribution < 1.29 is 4.79 Å². The van der Waals surface area contributed by atoms with Crippen LogP contribution in [0.3, 0.4) is 0 Å². The molecule has 1 heterocycles. The Morgan fingerprint density at radius 2 is 1.91 bits per heavy atom. The molecule has 0 fully saturated rings. The van der Waals surface area contributed by atoms with Crippen LogP contribution < -0.4 is 5.32 Å². The topological polar surface area (TPSA) is 45.2 Å². The number of benzene rings is 1. The van der Waals surface area contributed by atoms with Gasteiger partial charge in [-0.1, -0.05) is 24.3 Å². The van der Waals surface area contributed by atoms with Gasteiger partial charge < -0.3 is 5.32 Å². The van der Waals surface area contributed by atoms with E-state index >= 15 is 0 Å². The molecule has 4 nitrogen and oxygen atoms in total. The number of nitrogens with one attached hydrogen (secondary N) is 1. The van der Waals surface area contributed by atoms with Crippen LogP contribution in [0.2, 0.25) is 0 Å². The third-order valence-electron chi connectivity index (χ3n) is 3.74. The monoisotopic (exact) mass is 317 g/mol. The molecule has 0 atom stereocenters. The molecule has 0 aliphatic carbocycles. The molecule has 1 aromatic heterocycles. The molecule has 2 aromatic rings. The minimum atomic E-state index is -0.0522. The zero-order valence-corrected chi connectivity index (χ0v) is 14.4. The van der Waals surface area contributed by atoms with Gasteiger partial charge >= 0.3 is 0 Å². The summed E-state index contributed by atoms with van der Waals surface area (Å²) in [6, 6.07) is 8.92. The average Bonchev–Trinajstić information content (AvgIpc) is 2.92. The van der Waals surface area contributed by atoms with E-state index in [1.807, 2.05) is 6.92 Å². The first-order valence-corrected chi connectivity index (χ1v) is 8.31. The Bertz CT molecular complexity index is 619. The summed E-state index contributed by atoms with van der Waals surface area (Å²) >= 11 is 1.38. The molecule has 0 saturated heterocycles. The first kappa shape index (κ1) is 16.6. The van der Waals surface area contributed by atoms with E-state index in [1.165, 1.54) is 16.9 Å². The van der Waals surface area contributed by atoms with Crippen LogP contribution in [-0.2, 0) is 13.1 Å². The van der Waals surface area contributed by atoms with Crippen molar-refractivity contribution in [2.45, 2.75) is 39.9 Å². The van der Waals surface area contributed by atoms with Gasteiger partial charge in [-0.05, 0) is 38.9 Å². The maximum absolute atomic E-state index is 12.0. The number of amides is 1. The van der Waals surface area contributed by atoms with Gasteiger partial charge in [0.05, 0.1) is 11.2 Å². The summed E-state index contributed by atoms with van der Waals surface area (Å²) in [6.45, 7) is 7.70. The molecule has 1 amide bonds. The number of carbonyl (C=O) groups excluding carboxylic acids is 1. The van der Waals surface area contributed by atoms with E-state index < -0.39 is 0 Å². The molecule has 0 bridgehead atoms. The highest BCUT2D eigenvalue weighted by molar-refractivity contribution is 7.11. The van der Waals surface area contributed by atoms with E-state index in [4.69, 9.17) is 0 Å². The molecule has 0 radical (unpaired) electrons. The van der Waals surface area contributed by atoms with Crippen LogP contribution in [0.5, 0.6) is 0 Å². The SMILES string of the molecule is Cc1ncsc1C(=O)NCc1ccc(CN(C)C(C)C)cc1. The fourth-order valence-electron chi connectivity index (χ4n) is 2.02. The zero-order valence-electron chi connectivity index (χ0n) is 13.6. The van der Waals surface area contributed by atoms with Gasteiger partial charge in [0.15, 0.2) is 0 Å². The third-order valence-corrected chi connectivity index (χ3v) is 4.67. The average molecular weight is 317 g/mol. The summed E-state index contributed by atoms with van der Waals surface area (Å²) in [5.74, 6) is -0.0522. The lowest BCUT2D eigenvalue weighted by Crippen LogP contribution is -2.25. The van der Waals surface area contributed by atoms with Gasteiger partial charge in [0.25, 0.3) is 5.91 Å². The fraction of sp³-hybridized carbons (Fsp3) is 0.412.